The van der Waals surface area contributed by atoms with Crippen LogP contribution >= 0.6 is 0 Å². The molecule has 1 fully saturated rings. The van der Waals surface area contributed by atoms with Crippen LogP contribution in [0.2, 0.25) is 0 Å². The number of hydrogen-bond acceptors (Lipinski definition) is 1. The lowest BCUT2D eigenvalue weighted by Gasteiger charge is -2.21. The highest BCUT2D eigenvalue weighted by atomic mass is 15.1. The van der Waals surface area contributed by atoms with Crippen molar-refractivity contribution in [3.63, 3.8) is 0 Å². The zero-order valence-corrected chi connectivity index (χ0v) is 8.37. The zero-order valence-electron chi connectivity index (χ0n) is 8.37. The summed E-state index contributed by atoms with van der Waals surface area (Å²) in [6.45, 7) is 2.22. The molecule has 2 aliphatic carbocycles. The van der Waals surface area contributed by atoms with Crippen molar-refractivity contribution < 1.29 is 0 Å². The monoisotopic (exact) mass is 185 g/mol. The predicted octanol–water partition coefficient (Wildman–Crippen LogP) is 2.73. The molecule has 0 aromatic rings. The van der Waals surface area contributed by atoms with E-state index >= 15 is 0 Å². The number of hydrogen-bond donors (Lipinski definition) is 0. The van der Waals surface area contributed by atoms with Crippen molar-refractivity contribution in [1.29, 1.82) is 0 Å². The summed E-state index contributed by atoms with van der Waals surface area (Å²) in [6.07, 6.45) is 9.10. The van der Waals surface area contributed by atoms with Crippen molar-refractivity contribution in [3.05, 3.63) is 24.3 Å². The molecule has 72 valence electrons. The molecule has 0 radical (unpaired) electrons. The fraction of sp³-hybridized carbons (Fsp3) is 0.385. The minimum absolute atomic E-state index is 1.11. The average molecular weight is 185 g/mol. The number of nitrogens with zero attached hydrogens (tertiary/aromatic N) is 1. The summed E-state index contributed by atoms with van der Waals surface area (Å²) in [4.78, 5) is 2.05. The minimum atomic E-state index is 1.11. The van der Waals surface area contributed by atoms with Gasteiger partial charge in [-0.15, -0.1) is 0 Å². The normalized spacial score (nSPS) is 16.4. The summed E-state index contributed by atoms with van der Waals surface area (Å²) in [7, 11) is 0. The second-order valence-electron chi connectivity index (χ2n) is 3.75. The molecule has 0 amide bonds. The first-order chi connectivity index (χ1) is 6.90. The Morgan fingerprint density at radius 1 is 0.929 bits per heavy atom. The molecule has 1 nitrogen and oxygen atoms in total. The van der Waals surface area contributed by atoms with E-state index < -0.39 is 0 Å². The highest BCUT2D eigenvalue weighted by Crippen LogP contribution is 2.29. The molecule has 0 aromatic heterocycles. The van der Waals surface area contributed by atoms with Gasteiger partial charge in [-0.05, 0) is 30.4 Å². The smallest absolute Gasteiger partial charge is 0.0260 e. The molecule has 1 aliphatic heterocycles. The Morgan fingerprint density at radius 3 is 1.64 bits per heavy atom. The summed E-state index contributed by atoms with van der Waals surface area (Å²) in [6, 6.07) is 11.1. The summed E-state index contributed by atoms with van der Waals surface area (Å²) in [5, 5.41) is 0. The molecule has 0 bridgehead atoms. The van der Waals surface area contributed by atoms with Gasteiger partial charge in [-0.2, -0.15) is 0 Å². The third-order valence-electron chi connectivity index (χ3n) is 2.76. The first kappa shape index (κ1) is 9.15. The van der Waals surface area contributed by atoms with E-state index in [1.807, 2.05) is 4.90 Å². The summed E-state index contributed by atoms with van der Waals surface area (Å²) >= 11 is 0. The van der Waals surface area contributed by atoms with E-state index in [0.717, 1.165) is 13.1 Å². The Kier molecular flexibility index (Phi) is 2.74. The van der Waals surface area contributed by atoms with Gasteiger partial charge in [0.25, 0.3) is 0 Å². The van der Waals surface area contributed by atoms with E-state index in [1.54, 1.807) is 0 Å². The molecule has 3 aliphatic rings. The lowest BCUT2D eigenvalue weighted by atomic mass is 9.95. The van der Waals surface area contributed by atoms with Crippen molar-refractivity contribution >= 4 is 0 Å². The van der Waals surface area contributed by atoms with Crippen LogP contribution in [0, 0.1) is 12.5 Å². The van der Waals surface area contributed by atoms with Crippen LogP contribution in [0.15, 0.2) is 24.3 Å². The summed E-state index contributed by atoms with van der Waals surface area (Å²) < 4.78 is 0. The zero-order chi connectivity index (χ0) is 9.80. The predicted molar refractivity (Wildman–Crippen MR) is 59.7 cm³/mol. The number of benzene rings is 1. The van der Waals surface area contributed by atoms with Gasteiger partial charge in [0.15, 0.2) is 0 Å². The second kappa shape index (κ2) is 4.19. The van der Waals surface area contributed by atoms with Crippen molar-refractivity contribution in [1.82, 2.24) is 4.90 Å². The van der Waals surface area contributed by atoms with Gasteiger partial charge in [-0.25, -0.2) is 0 Å². The Labute approximate surface area is 85.7 Å². The maximum absolute atomic E-state index is 5.18. The maximum atomic E-state index is 5.18. The highest BCUT2D eigenvalue weighted by Gasteiger charge is 2.04. The topological polar surface area (TPSA) is 3.24 Å². The van der Waals surface area contributed by atoms with Crippen LogP contribution in [0.25, 0.3) is 11.1 Å². The van der Waals surface area contributed by atoms with E-state index in [4.69, 9.17) is 6.42 Å². The molecule has 3 rings (SSSR count). The molecule has 0 spiro atoms. The third-order valence-corrected chi connectivity index (χ3v) is 2.76. The standard InChI is InChI=1S/C7H11N.C6H4/c1-2-8-6-4-3-5-7-8;1-2-6-4-3-5(1)6/h1H,3-7H2;1-4H. The Morgan fingerprint density at radius 2 is 1.43 bits per heavy atom. The van der Waals surface area contributed by atoms with Gasteiger partial charge >= 0.3 is 0 Å². The molecule has 0 aromatic carbocycles. The first-order valence-electron chi connectivity index (χ1n) is 5.22. The molecular weight excluding hydrogens is 170 g/mol. The van der Waals surface area contributed by atoms with Crippen LogP contribution in [0.5, 0.6) is 0 Å². The van der Waals surface area contributed by atoms with Gasteiger partial charge in [0, 0.05) is 19.1 Å². The van der Waals surface area contributed by atoms with Crippen LogP contribution in [0.4, 0.5) is 0 Å². The molecule has 1 saturated heterocycles. The molecule has 14 heavy (non-hydrogen) atoms. The largest absolute Gasteiger partial charge is 0.333 e. The summed E-state index contributed by atoms with van der Waals surface area (Å²) in [5.41, 5.74) is 2.85. The van der Waals surface area contributed by atoms with Crippen LogP contribution in [-0.4, -0.2) is 18.0 Å². The molecule has 0 atom stereocenters. The van der Waals surface area contributed by atoms with Gasteiger partial charge < -0.3 is 4.90 Å². The van der Waals surface area contributed by atoms with Gasteiger partial charge in [0.2, 0.25) is 0 Å². The fourth-order valence-electron chi connectivity index (χ4n) is 1.69. The van der Waals surface area contributed by atoms with E-state index in [9.17, 15) is 0 Å². The van der Waals surface area contributed by atoms with Crippen LogP contribution in [0.1, 0.15) is 19.3 Å². The van der Waals surface area contributed by atoms with E-state index in [1.165, 1.54) is 30.4 Å². The first-order valence-corrected chi connectivity index (χ1v) is 5.22. The number of piperidine rings is 1. The minimum Gasteiger partial charge on any atom is -0.333 e. The highest BCUT2D eigenvalue weighted by molar-refractivity contribution is 5.75. The van der Waals surface area contributed by atoms with Crippen molar-refractivity contribution in [3.8, 4) is 23.6 Å². The van der Waals surface area contributed by atoms with E-state index in [0.29, 0.717) is 0 Å². The van der Waals surface area contributed by atoms with Crippen LogP contribution in [0.3, 0.4) is 0 Å². The van der Waals surface area contributed by atoms with Crippen molar-refractivity contribution in [2.75, 3.05) is 13.1 Å². The molecule has 1 heteroatoms. The number of fused-ring (bicyclic) bond motifs is 1. The third kappa shape index (κ3) is 1.90. The van der Waals surface area contributed by atoms with Gasteiger partial charge in [0.05, 0.1) is 0 Å². The average Bonchev–Trinajstić information content (AvgIpc) is 2.25. The molecule has 0 N–H and O–H groups in total. The Balaban J connectivity index is 0.000000110. The Hall–Kier alpha value is -1.42. The van der Waals surface area contributed by atoms with E-state index in [-0.39, 0.29) is 0 Å². The van der Waals surface area contributed by atoms with E-state index in [2.05, 4.69) is 30.3 Å². The van der Waals surface area contributed by atoms with Crippen molar-refractivity contribution in [2.24, 2.45) is 0 Å². The summed E-state index contributed by atoms with van der Waals surface area (Å²) in [5.74, 6) is 0. The van der Waals surface area contributed by atoms with Gasteiger partial charge in [0.1, 0.15) is 0 Å². The lowest BCUT2D eigenvalue weighted by molar-refractivity contribution is 0.327. The quantitative estimate of drug-likeness (QED) is 0.570. The fourth-order valence-corrected chi connectivity index (χ4v) is 1.69. The SMILES string of the molecule is C#CN1CCCCC1.c1cc2ccc1-2. The number of rotatable bonds is 0. The molecule has 0 unspecified atom stereocenters. The number of likely N-dealkylation sites (tertiary alicyclic amines) is 1. The van der Waals surface area contributed by atoms with Gasteiger partial charge in [-0.1, -0.05) is 30.7 Å². The number of terminal acetylenes is 1. The molecule has 1 heterocycles. The van der Waals surface area contributed by atoms with Crippen LogP contribution < -0.4 is 0 Å². The Bertz CT molecular complexity index is 304. The maximum Gasteiger partial charge on any atom is 0.0260 e. The van der Waals surface area contributed by atoms with Crippen molar-refractivity contribution in [2.45, 2.75) is 19.3 Å². The van der Waals surface area contributed by atoms with Crippen LogP contribution in [-0.2, 0) is 0 Å². The van der Waals surface area contributed by atoms with Gasteiger partial charge in [-0.3, -0.25) is 0 Å². The second-order valence-corrected chi connectivity index (χ2v) is 3.75. The molecular formula is C13H15N. The lowest BCUT2D eigenvalue weighted by Crippen LogP contribution is -2.24. The molecule has 0 saturated carbocycles.